The zero-order valence-corrected chi connectivity index (χ0v) is 45.3. The Morgan fingerprint density at radius 1 is 0.883 bits per heavy atom. The highest BCUT2D eigenvalue weighted by Crippen LogP contribution is 2.41. The van der Waals surface area contributed by atoms with Crippen LogP contribution in [0.15, 0.2) is 89.0 Å². The zero-order chi connectivity index (χ0) is 53.2. The molecule has 0 spiro atoms. The number of nitrogens with two attached hydrogens (primary N) is 1. The molecule has 2 aromatic carbocycles. The number of hydrogen-bond acceptors (Lipinski definition) is 17. The lowest BCUT2D eigenvalue weighted by molar-refractivity contribution is -0.141. The number of nitrogens with one attached hydrogen (secondary N) is 1. The van der Waals surface area contributed by atoms with E-state index in [-0.39, 0.29) is 47.8 Å². The third kappa shape index (κ3) is 11.6. The number of phenolic OH excluding ortho intramolecular Hbond substituents is 1. The van der Waals surface area contributed by atoms with Crippen molar-refractivity contribution in [1.29, 1.82) is 0 Å². The molecule has 8 heterocycles. The fourth-order valence-electron chi connectivity index (χ4n) is 12.1. The molecule has 2 bridgehead atoms. The Morgan fingerprint density at radius 2 is 1.66 bits per heavy atom. The van der Waals surface area contributed by atoms with Gasteiger partial charge in [0.1, 0.15) is 23.8 Å². The van der Waals surface area contributed by atoms with Gasteiger partial charge in [0.15, 0.2) is 11.6 Å². The predicted octanol–water partition coefficient (Wildman–Crippen LogP) is 8.57. The molecule has 1 saturated carbocycles. The summed E-state index contributed by atoms with van der Waals surface area (Å²) in [5.41, 5.74) is 14.6. The van der Waals surface area contributed by atoms with Crippen LogP contribution < -0.4 is 30.3 Å². The molecule has 5 fully saturated rings. The molecular formula is C58H71N11O7S. The van der Waals surface area contributed by atoms with Crippen molar-refractivity contribution in [3.63, 3.8) is 0 Å². The number of hydrogen-bond donors (Lipinski definition) is 3. The number of para-hydroxylation sites is 1. The molecule has 11 rings (SSSR count). The summed E-state index contributed by atoms with van der Waals surface area (Å²) in [7, 11) is 0. The first-order valence-corrected chi connectivity index (χ1v) is 28.5. The lowest BCUT2D eigenvalue weighted by Crippen LogP contribution is -2.54. The van der Waals surface area contributed by atoms with E-state index in [1.807, 2.05) is 69.7 Å². The molecule has 18 nitrogen and oxygen atoms in total. The molecule has 4 saturated heterocycles. The number of benzene rings is 2. The van der Waals surface area contributed by atoms with Gasteiger partial charge in [-0.15, -0.1) is 21.5 Å². The molecule has 4 aliphatic heterocycles. The SMILES string of the molecule is Cc1ncsc1-c1ccc([C@H](C)NC(=O)[C@@H]2CCCN2C(=O)[C@H](c2cc(OCCCN3CCC(OC4CC(Oc5cc(N6C7CCC6CN(c6cc(-c8ccccc8O)nnc6N)C7)ccn5)C4)CC3)no2)C(C)C)cc1. The van der Waals surface area contributed by atoms with E-state index in [1.165, 1.54) is 0 Å². The van der Waals surface area contributed by atoms with Gasteiger partial charge in [-0.25, -0.2) is 9.97 Å². The molecule has 4 N–H and O–H groups in total. The van der Waals surface area contributed by atoms with Crippen LogP contribution in [0, 0.1) is 12.8 Å². The summed E-state index contributed by atoms with van der Waals surface area (Å²) in [6.45, 7) is 13.4. The minimum Gasteiger partial charge on any atom is -0.507 e. The quantitative estimate of drug-likeness (QED) is 0.0649. The summed E-state index contributed by atoms with van der Waals surface area (Å²) in [6, 6.07) is 23.1. The average molecular weight is 1070 g/mol. The summed E-state index contributed by atoms with van der Waals surface area (Å²) in [6.07, 6.45) is 10.4. The van der Waals surface area contributed by atoms with Crippen LogP contribution in [0.4, 0.5) is 17.2 Å². The standard InChI is InChI=1S/C58H71N11O7S/c1-35(2)54(58(72)68-23-7-10-48(68)57(71)62-36(3)38-12-14-39(15-13-38)55-37(4)61-34-77-55)51-31-53(65-76-51)73-26-8-22-66-24-19-43(20-25-66)74-44-28-45(29-44)75-52-27-40(18-21-60-52)69-41-16-17-42(69)33-67(32-41)49-30-47(63-64-56(49)59)46-9-5-6-11-50(46)70/h5-6,9,11-15,18,21,27,30-31,34-36,41-45,48,54,70H,7-8,10,16-17,19-20,22-26,28-29,32-33H2,1-4H3,(H2,59,64)(H,62,71)/t36-,41?,42?,44?,45?,48-,54-/m0/s1. The largest absolute Gasteiger partial charge is 0.507 e. The van der Waals surface area contributed by atoms with Crippen LogP contribution in [0.2, 0.25) is 0 Å². The van der Waals surface area contributed by atoms with Crippen molar-refractivity contribution in [3.8, 4) is 39.2 Å². The molecule has 2 unspecified atom stereocenters. The molecule has 19 heteroatoms. The number of thiazole rings is 1. The first-order valence-electron chi connectivity index (χ1n) is 27.6. The number of phenols is 1. The maximum Gasteiger partial charge on any atom is 0.254 e. The van der Waals surface area contributed by atoms with Gasteiger partial charge in [-0.3, -0.25) is 9.59 Å². The van der Waals surface area contributed by atoms with Crippen LogP contribution in [-0.2, 0) is 14.3 Å². The van der Waals surface area contributed by atoms with E-state index >= 15 is 0 Å². The lowest BCUT2D eigenvalue weighted by Gasteiger charge is -2.43. The number of rotatable bonds is 19. The number of nitrogens with zero attached hydrogens (tertiary/aromatic N) is 9. The maximum absolute atomic E-state index is 14.2. The molecule has 0 radical (unpaired) electrons. The van der Waals surface area contributed by atoms with Crippen LogP contribution in [0.1, 0.15) is 108 Å². The van der Waals surface area contributed by atoms with Crippen molar-refractivity contribution < 1.29 is 33.4 Å². The highest BCUT2D eigenvalue weighted by atomic mass is 32.1. The van der Waals surface area contributed by atoms with Crippen molar-refractivity contribution in [3.05, 3.63) is 102 Å². The maximum atomic E-state index is 14.2. The molecular weight excluding hydrogens is 995 g/mol. The Morgan fingerprint density at radius 3 is 2.40 bits per heavy atom. The molecule has 77 heavy (non-hydrogen) atoms. The van der Waals surface area contributed by atoms with Crippen LogP contribution in [0.3, 0.4) is 0 Å². The highest BCUT2D eigenvalue weighted by molar-refractivity contribution is 7.13. The van der Waals surface area contributed by atoms with E-state index in [0.717, 1.165) is 117 Å². The number of ether oxygens (including phenoxy) is 3. The Kier molecular flexibility index (Phi) is 15.6. The minimum absolute atomic E-state index is 0.0782. The second kappa shape index (κ2) is 23.0. The molecule has 1 aliphatic carbocycles. The van der Waals surface area contributed by atoms with Gasteiger partial charge in [0.05, 0.1) is 52.3 Å². The predicted molar refractivity (Wildman–Crippen MR) is 295 cm³/mol. The summed E-state index contributed by atoms with van der Waals surface area (Å²) in [5.74, 6) is 1.08. The number of aromatic hydroxyl groups is 1. The number of fused-ring (bicyclic) bond motifs is 2. The number of carbonyl (C=O) groups is 2. The molecule has 6 aromatic rings. The van der Waals surface area contributed by atoms with Gasteiger partial charge >= 0.3 is 0 Å². The van der Waals surface area contributed by atoms with Gasteiger partial charge in [0.2, 0.25) is 17.7 Å². The van der Waals surface area contributed by atoms with Gasteiger partial charge in [-0.2, -0.15) is 0 Å². The fraction of sp³-hybridized carbons (Fsp3) is 0.500. The van der Waals surface area contributed by atoms with E-state index in [9.17, 15) is 14.7 Å². The topological polar surface area (TPSA) is 211 Å². The third-order valence-electron chi connectivity index (χ3n) is 16.3. The second-order valence-corrected chi connectivity index (χ2v) is 22.7. The van der Waals surface area contributed by atoms with Crippen molar-refractivity contribution >= 4 is 40.3 Å². The van der Waals surface area contributed by atoms with E-state index in [0.29, 0.717) is 66.3 Å². The average Bonchev–Trinajstić information content (AvgIpc) is 4.32. The first kappa shape index (κ1) is 52.2. The summed E-state index contributed by atoms with van der Waals surface area (Å²) >= 11 is 1.62. The van der Waals surface area contributed by atoms with E-state index in [2.05, 4.69) is 69.6 Å². The zero-order valence-electron chi connectivity index (χ0n) is 44.5. The number of pyridine rings is 1. The number of piperidine rings is 1. The van der Waals surface area contributed by atoms with Gasteiger partial charge in [-0.1, -0.05) is 50.2 Å². The number of aromatic nitrogens is 5. The number of carbonyl (C=O) groups excluding carboxylic acids is 2. The molecule has 5 atom stereocenters. The van der Waals surface area contributed by atoms with Crippen molar-refractivity contribution in [2.24, 2.45) is 5.92 Å². The molecule has 406 valence electrons. The molecule has 2 amide bonds. The number of aryl methyl sites for hydroxylation is 1. The Hall–Kier alpha value is -6.83. The van der Waals surface area contributed by atoms with Crippen molar-refractivity contribution in [1.82, 2.24) is 40.4 Å². The fourth-order valence-corrected chi connectivity index (χ4v) is 12.9. The lowest BCUT2D eigenvalue weighted by atomic mass is 9.91. The second-order valence-electron chi connectivity index (χ2n) is 21.9. The van der Waals surface area contributed by atoms with Crippen LogP contribution in [-0.4, -0.2) is 134 Å². The van der Waals surface area contributed by atoms with Gasteiger partial charge in [-0.05, 0) is 105 Å². The first-order chi connectivity index (χ1) is 37.4. The number of nitrogen functional groups attached to an aromatic ring is 1. The number of likely N-dealkylation sites (tertiary alicyclic amines) is 2. The van der Waals surface area contributed by atoms with Gasteiger partial charge in [0, 0.05) is 93.8 Å². The molecule has 5 aliphatic rings. The highest BCUT2D eigenvalue weighted by Gasteiger charge is 2.43. The Labute approximate surface area is 454 Å². The monoisotopic (exact) mass is 1070 g/mol. The van der Waals surface area contributed by atoms with E-state index in [1.54, 1.807) is 34.4 Å². The molecule has 4 aromatic heterocycles. The van der Waals surface area contributed by atoms with Crippen molar-refractivity contribution in [2.75, 3.05) is 61.4 Å². The van der Waals surface area contributed by atoms with Gasteiger partial charge < -0.3 is 54.5 Å². The number of amides is 2. The van der Waals surface area contributed by atoms with Crippen molar-refractivity contribution in [2.45, 2.75) is 134 Å². The van der Waals surface area contributed by atoms with Crippen LogP contribution in [0.25, 0.3) is 21.7 Å². The van der Waals surface area contributed by atoms with Crippen LogP contribution >= 0.6 is 11.3 Å². The summed E-state index contributed by atoms with van der Waals surface area (Å²) in [4.78, 5) is 47.0. The number of piperazine rings is 1. The van der Waals surface area contributed by atoms with Crippen LogP contribution in [0.5, 0.6) is 17.5 Å². The Bertz CT molecular complexity index is 2980. The summed E-state index contributed by atoms with van der Waals surface area (Å²) in [5, 5.41) is 26.4. The van der Waals surface area contributed by atoms with E-state index in [4.69, 9.17) is 24.5 Å². The minimum atomic E-state index is -0.591. The van der Waals surface area contributed by atoms with E-state index < -0.39 is 12.0 Å². The van der Waals surface area contributed by atoms with Gasteiger partial charge in [0.25, 0.3) is 5.88 Å². The summed E-state index contributed by atoms with van der Waals surface area (Å²) < 4.78 is 24.8. The number of anilines is 3. The smallest absolute Gasteiger partial charge is 0.254 e. The normalized spacial score (nSPS) is 22.5. The Balaban J connectivity index is 0.584. The third-order valence-corrected chi connectivity index (χ3v) is 17.3.